The SMILES string of the molecule is COc1cccc(-c2cccc(/C(C)=N/OCCCc3cccc(C(C)=N)n3)n2)c1. The van der Waals surface area contributed by atoms with E-state index in [0.717, 1.165) is 46.9 Å². The molecule has 0 spiro atoms. The van der Waals surface area contributed by atoms with Crippen LogP contribution >= 0.6 is 0 Å². The highest BCUT2D eigenvalue weighted by Gasteiger charge is 2.06. The number of oxime groups is 1. The first kappa shape index (κ1) is 21.2. The molecule has 0 aliphatic heterocycles. The van der Waals surface area contributed by atoms with Gasteiger partial charge in [0.05, 0.1) is 29.9 Å². The maximum atomic E-state index is 7.68. The highest BCUT2D eigenvalue weighted by atomic mass is 16.6. The van der Waals surface area contributed by atoms with Gasteiger partial charge in [-0.05, 0) is 63.1 Å². The van der Waals surface area contributed by atoms with Crippen LogP contribution in [0.15, 0.2) is 65.8 Å². The average Bonchev–Trinajstić information content (AvgIpc) is 2.79. The first-order chi connectivity index (χ1) is 14.6. The van der Waals surface area contributed by atoms with Crippen LogP contribution in [0.1, 0.15) is 37.4 Å². The molecule has 0 aliphatic carbocycles. The number of ether oxygens (including phenoxy) is 1. The molecule has 1 aromatic carbocycles. The lowest BCUT2D eigenvalue weighted by molar-refractivity contribution is 0.141. The minimum absolute atomic E-state index is 0.469. The summed E-state index contributed by atoms with van der Waals surface area (Å²) in [5.74, 6) is 0.796. The van der Waals surface area contributed by atoms with Gasteiger partial charge in [-0.3, -0.25) is 4.98 Å². The molecule has 0 saturated heterocycles. The smallest absolute Gasteiger partial charge is 0.119 e. The number of nitrogens with one attached hydrogen (secondary N) is 1. The molecule has 6 nitrogen and oxygen atoms in total. The molecule has 1 N–H and O–H groups in total. The number of nitrogens with zero attached hydrogens (tertiary/aromatic N) is 3. The third-order valence-corrected chi connectivity index (χ3v) is 4.55. The molecule has 0 aliphatic rings. The predicted octanol–water partition coefficient (Wildman–Crippen LogP) is 4.91. The van der Waals surface area contributed by atoms with Gasteiger partial charge in [0.1, 0.15) is 18.1 Å². The van der Waals surface area contributed by atoms with Crippen LogP contribution in [0, 0.1) is 5.41 Å². The summed E-state index contributed by atoms with van der Waals surface area (Å²) < 4.78 is 5.29. The van der Waals surface area contributed by atoms with Crippen LogP contribution < -0.4 is 4.74 Å². The molecule has 6 heteroatoms. The molecular weight excluding hydrogens is 376 g/mol. The lowest BCUT2D eigenvalue weighted by Crippen LogP contribution is -2.03. The third-order valence-electron chi connectivity index (χ3n) is 4.55. The fraction of sp³-hybridized carbons (Fsp3) is 0.250. The van der Waals surface area contributed by atoms with Crippen molar-refractivity contribution in [2.24, 2.45) is 5.16 Å². The summed E-state index contributed by atoms with van der Waals surface area (Å²) in [5, 5.41) is 11.9. The van der Waals surface area contributed by atoms with E-state index in [9.17, 15) is 0 Å². The number of aromatic nitrogens is 2. The number of methoxy groups -OCH3 is 1. The average molecular weight is 402 g/mol. The fourth-order valence-corrected chi connectivity index (χ4v) is 2.91. The third kappa shape index (κ3) is 5.73. The van der Waals surface area contributed by atoms with Crippen LogP contribution in [0.3, 0.4) is 0 Å². The lowest BCUT2D eigenvalue weighted by atomic mass is 10.1. The van der Waals surface area contributed by atoms with Crippen molar-refractivity contribution in [2.75, 3.05) is 13.7 Å². The number of aryl methyl sites for hydroxylation is 1. The zero-order valence-corrected chi connectivity index (χ0v) is 17.6. The maximum absolute atomic E-state index is 7.68. The Morgan fingerprint density at radius 2 is 1.73 bits per heavy atom. The summed E-state index contributed by atoms with van der Waals surface area (Å²) in [5.41, 5.74) is 5.47. The van der Waals surface area contributed by atoms with E-state index in [0.29, 0.717) is 18.0 Å². The Morgan fingerprint density at radius 1 is 0.967 bits per heavy atom. The molecule has 2 aromatic heterocycles. The van der Waals surface area contributed by atoms with Crippen LogP contribution in [-0.4, -0.2) is 35.1 Å². The maximum Gasteiger partial charge on any atom is 0.119 e. The van der Waals surface area contributed by atoms with Crippen molar-refractivity contribution < 1.29 is 9.57 Å². The Labute approximate surface area is 177 Å². The number of hydrogen-bond donors (Lipinski definition) is 1. The lowest BCUT2D eigenvalue weighted by Gasteiger charge is -2.07. The van der Waals surface area contributed by atoms with Crippen LogP contribution in [0.2, 0.25) is 0 Å². The minimum atomic E-state index is 0.469. The van der Waals surface area contributed by atoms with E-state index in [-0.39, 0.29) is 0 Å². The van der Waals surface area contributed by atoms with Gasteiger partial charge < -0.3 is 15.0 Å². The summed E-state index contributed by atoms with van der Waals surface area (Å²) in [7, 11) is 1.65. The highest BCUT2D eigenvalue weighted by Crippen LogP contribution is 2.22. The standard InChI is InChI=1S/C24H26N4O2/c1-17(25)22-12-5-9-20(26-22)10-7-15-30-28-18(2)23-13-6-14-24(27-23)19-8-4-11-21(16-19)29-3/h4-6,8-9,11-14,16,25H,7,10,15H2,1-3H3/b25-17?,28-18+. The van der Waals surface area contributed by atoms with Crippen LogP contribution in [0.4, 0.5) is 0 Å². The van der Waals surface area contributed by atoms with Gasteiger partial charge in [-0.25, -0.2) is 4.98 Å². The number of rotatable bonds is 9. The molecule has 2 heterocycles. The molecule has 0 fully saturated rings. The summed E-state index contributed by atoms with van der Waals surface area (Å²) in [6.07, 6.45) is 1.57. The molecule has 0 radical (unpaired) electrons. The second-order valence-corrected chi connectivity index (χ2v) is 6.89. The molecule has 3 rings (SSSR count). The van der Waals surface area contributed by atoms with E-state index in [1.807, 2.05) is 67.6 Å². The first-order valence-corrected chi connectivity index (χ1v) is 9.86. The molecule has 0 saturated carbocycles. The van der Waals surface area contributed by atoms with Gasteiger partial charge in [-0.15, -0.1) is 0 Å². The molecule has 3 aromatic rings. The van der Waals surface area contributed by atoms with E-state index in [2.05, 4.69) is 10.1 Å². The zero-order valence-electron chi connectivity index (χ0n) is 17.6. The van der Waals surface area contributed by atoms with Crippen molar-refractivity contribution in [1.29, 1.82) is 5.41 Å². The zero-order chi connectivity index (χ0) is 21.3. The molecule has 154 valence electrons. The molecular formula is C24H26N4O2. The second-order valence-electron chi connectivity index (χ2n) is 6.89. The van der Waals surface area contributed by atoms with E-state index in [1.54, 1.807) is 14.0 Å². The van der Waals surface area contributed by atoms with Crippen molar-refractivity contribution in [3.05, 3.63) is 77.7 Å². The predicted molar refractivity (Wildman–Crippen MR) is 119 cm³/mol. The van der Waals surface area contributed by atoms with Gasteiger partial charge in [0.25, 0.3) is 0 Å². The van der Waals surface area contributed by atoms with Crippen molar-refractivity contribution in [3.63, 3.8) is 0 Å². The Hall–Kier alpha value is -3.54. The van der Waals surface area contributed by atoms with E-state index in [4.69, 9.17) is 20.0 Å². The van der Waals surface area contributed by atoms with Crippen molar-refractivity contribution in [1.82, 2.24) is 9.97 Å². The highest BCUT2D eigenvalue weighted by molar-refractivity contribution is 5.97. The minimum Gasteiger partial charge on any atom is -0.497 e. The summed E-state index contributed by atoms with van der Waals surface area (Å²) in [4.78, 5) is 14.7. The van der Waals surface area contributed by atoms with Crippen molar-refractivity contribution >= 4 is 11.4 Å². The van der Waals surface area contributed by atoms with E-state index < -0.39 is 0 Å². The largest absolute Gasteiger partial charge is 0.497 e. The topological polar surface area (TPSA) is 80.5 Å². The first-order valence-electron chi connectivity index (χ1n) is 9.86. The summed E-state index contributed by atoms with van der Waals surface area (Å²) in [6.45, 7) is 4.11. The summed E-state index contributed by atoms with van der Waals surface area (Å²) >= 11 is 0. The van der Waals surface area contributed by atoms with Gasteiger partial charge in [0, 0.05) is 11.3 Å². The molecule has 30 heavy (non-hydrogen) atoms. The number of benzene rings is 1. The quantitative estimate of drug-likeness (QED) is 0.313. The Balaban J connectivity index is 1.57. The van der Waals surface area contributed by atoms with Crippen LogP contribution in [0.25, 0.3) is 11.3 Å². The monoisotopic (exact) mass is 402 g/mol. The summed E-state index contributed by atoms with van der Waals surface area (Å²) in [6, 6.07) is 19.4. The molecule has 0 unspecified atom stereocenters. The molecule has 0 bridgehead atoms. The van der Waals surface area contributed by atoms with Gasteiger partial charge >= 0.3 is 0 Å². The van der Waals surface area contributed by atoms with Crippen molar-refractivity contribution in [2.45, 2.75) is 26.7 Å². The van der Waals surface area contributed by atoms with E-state index in [1.165, 1.54) is 0 Å². The van der Waals surface area contributed by atoms with Crippen LogP contribution in [-0.2, 0) is 11.3 Å². The Bertz CT molecular complexity index is 1050. The van der Waals surface area contributed by atoms with E-state index >= 15 is 0 Å². The number of pyridine rings is 2. The fourth-order valence-electron chi connectivity index (χ4n) is 2.91. The Morgan fingerprint density at radius 3 is 2.53 bits per heavy atom. The normalized spacial score (nSPS) is 11.2. The Kier molecular flexibility index (Phi) is 7.27. The van der Waals surface area contributed by atoms with Gasteiger partial charge in [0.15, 0.2) is 0 Å². The molecule has 0 atom stereocenters. The van der Waals surface area contributed by atoms with Crippen molar-refractivity contribution in [3.8, 4) is 17.0 Å². The molecule has 0 amide bonds. The van der Waals surface area contributed by atoms with Gasteiger partial charge in [0.2, 0.25) is 0 Å². The van der Waals surface area contributed by atoms with Crippen LogP contribution in [0.5, 0.6) is 5.75 Å². The number of hydrogen-bond acceptors (Lipinski definition) is 6. The van der Waals surface area contributed by atoms with Gasteiger partial charge in [-0.1, -0.05) is 29.4 Å². The second kappa shape index (κ2) is 10.3. The van der Waals surface area contributed by atoms with Gasteiger partial charge in [-0.2, -0.15) is 0 Å².